The second-order valence-electron chi connectivity index (χ2n) is 3.86. The van der Waals surface area contributed by atoms with Crippen molar-refractivity contribution < 1.29 is 4.79 Å². The lowest BCUT2D eigenvalue weighted by Crippen LogP contribution is -2.35. The molecule has 1 aromatic heterocycles. The molecule has 0 atom stereocenters. The zero-order valence-corrected chi connectivity index (χ0v) is 11.4. The van der Waals surface area contributed by atoms with Crippen LogP contribution in [0.4, 0.5) is 11.9 Å². The summed E-state index contributed by atoms with van der Waals surface area (Å²) in [6.07, 6.45) is 0. The lowest BCUT2D eigenvalue weighted by molar-refractivity contribution is -0.119. The second kappa shape index (κ2) is 6.95. The Labute approximate surface area is 111 Å². The number of carbonyl (C=O) groups excluding carboxylic acids is 1. The summed E-state index contributed by atoms with van der Waals surface area (Å²) in [4.78, 5) is 23.3. The molecule has 7 nitrogen and oxygen atoms in total. The Hall–Kier alpha value is -1.63. The van der Waals surface area contributed by atoms with Gasteiger partial charge in [-0.25, -0.2) is 0 Å². The molecule has 3 N–H and O–H groups in total. The molecular weight excluding hydrogens is 256 g/mol. The number of carbonyl (C=O) groups is 1. The lowest BCUT2D eigenvalue weighted by atomic mass is 10.4. The topological polar surface area (TPSA) is 91.8 Å². The average molecular weight is 273 g/mol. The molecule has 0 aromatic carbocycles. The van der Waals surface area contributed by atoms with Crippen molar-refractivity contribution in [3.05, 3.63) is 5.28 Å². The normalized spacial score (nSPS) is 10.3. The van der Waals surface area contributed by atoms with E-state index in [0.717, 1.165) is 0 Å². The van der Waals surface area contributed by atoms with Crippen LogP contribution in [0.2, 0.25) is 5.28 Å². The van der Waals surface area contributed by atoms with Gasteiger partial charge >= 0.3 is 0 Å². The van der Waals surface area contributed by atoms with Crippen LogP contribution in [0.3, 0.4) is 0 Å². The lowest BCUT2D eigenvalue weighted by Gasteiger charge is -2.09. The number of halogens is 1. The van der Waals surface area contributed by atoms with Crippen LogP contribution in [0.15, 0.2) is 0 Å². The van der Waals surface area contributed by atoms with Crippen LogP contribution in [-0.4, -0.2) is 40.0 Å². The summed E-state index contributed by atoms with van der Waals surface area (Å²) >= 11 is 5.74. The van der Waals surface area contributed by atoms with Gasteiger partial charge in [-0.05, 0) is 32.4 Å². The first-order valence-corrected chi connectivity index (χ1v) is 6.07. The van der Waals surface area contributed by atoms with Gasteiger partial charge in [-0.3, -0.25) is 4.79 Å². The summed E-state index contributed by atoms with van der Waals surface area (Å²) in [6.45, 7) is 6.46. The van der Waals surface area contributed by atoms with Crippen molar-refractivity contribution in [3.63, 3.8) is 0 Å². The molecule has 1 heterocycles. The minimum absolute atomic E-state index is 0.0766. The minimum atomic E-state index is -0.133. The van der Waals surface area contributed by atoms with Crippen molar-refractivity contribution in [1.82, 2.24) is 20.3 Å². The SMILES string of the molecule is CCNc1nc(Cl)nc(NCC(=O)NC(C)C)n1. The fraction of sp³-hybridized carbons (Fsp3) is 0.600. The third-order valence-corrected chi connectivity index (χ3v) is 1.97. The zero-order chi connectivity index (χ0) is 13.5. The number of aromatic nitrogens is 3. The van der Waals surface area contributed by atoms with Gasteiger partial charge < -0.3 is 16.0 Å². The summed E-state index contributed by atoms with van der Waals surface area (Å²) in [6, 6.07) is 0.0959. The van der Waals surface area contributed by atoms with Gasteiger partial charge in [0.2, 0.25) is 23.1 Å². The summed E-state index contributed by atoms with van der Waals surface area (Å²) in [7, 11) is 0. The van der Waals surface area contributed by atoms with Gasteiger partial charge in [0.25, 0.3) is 0 Å². The maximum absolute atomic E-state index is 11.4. The third-order valence-electron chi connectivity index (χ3n) is 1.80. The van der Waals surface area contributed by atoms with E-state index in [9.17, 15) is 4.79 Å². The number of nitrogens with one attached hydrogen (secondary N) is 3. The number of nitrogens with zero attached hydrogens (tertiary/aromatic N) is 3. The first kappa shape index (κ1) is 14.4. The van der Waals surface area contributed by atoms with Gasteiger partial charge in [0, 0.05) is 12.6 Å². The Balaban J connectivity index is 2.58. The molecule has 0 saturated heterocycles. The molecule has 8 heteroatoms. The van der Waals surface area contributed by atoms with Crippen LogP contribution in [0.5, 0.6) is 0 Å². The molecule has 1 rings (SSSR count). The number of amides is 1. The molecule has 0 aliphatic heterocycles. The van der Waals surface area contributed by atoms with Crippen molar-refractivity contribution in [3.8, 4) is 0 Å². The summed E-state index contributed by atoms with van der Waals surface area (Å²) in [5, 5.41) is 8.53. The Bertz CT molecular complexity index is 411. The van der Waals surface area contributed by atoms with Gasteiger partial charge in [-0.15, -0.1) is 0 Å². The van der Waals surface area contributed by atoms with Gasteiger partial charge in [0.05, 0.1) is 6.54 Å². The van der Waals surface area contributed by atoms with Crippen LogP contribution < -0.4 is 16.0 Å². The molecular formula is C10H17ClN6O. The average Bonchev–Trinajstić information content (AvgIpc) is 2.25. The molecule has 0 radical (unpaired) electrons. The van der Waals surface area contributed by atoms with Gasteiger partial charge in [0.1, 0.15) is 0 Å². The van der Waals surface area contributed by atoms with Gasteiger partial charge in [-0.2, -0.15) is 15.0 Å². The quantitative estimate of drug-likeness (QED) is 0.712. The van der Waals surface area contributed by atoms with E-state index in [1.54, 1.807) is 0 Å². The van der Waals surface area contributed by atoms with Crippen molar-refractivity contribution >= 4 is 29.4 Å². The van der Waals surface area contributed by atoms with Gasteiger partial charge in [0.15, 0.2) is 0 Å². The highest BCUT2D eigenvalue weighted by Gasteiger charge is 2.07. The van der Waals surface area contributed by atoms with E-state index in [4.69, 9.17) is 11.6 Å². The standard InChI is InChI=1S/C10H17ClN6O/c1-4-12-9-15-8(11)16-10(17-9)13-5-7(18)14-6(2)3/h6H,4-5H2,1-3H3,(H,14,18)(H2,12,13,15,16,17). The summed E-state index contributed by atoms with van der Waals surface area (Å²) in [5.74, 6) is 0.514. The molecule has 0 aliphatic carbocycles. The Kier molecular flexibility index (Phi) is 5.57. The molecule has 1 aromatic rings. The predicted octanol–water partition coefficient (Wildman–Crippen LogP) is 0.893. The smallest absolute Gasteiger partial charge is 0.239 e. The van der Waals surface area contributed by atoms with Crippen LogP contribution >= 0.6 is 11.6 Å². The summed E-state index contributed by atoms with van der Waals surface area (Å²) in [5.41, 5.74) is 0. The van der Waals surface area contributed by atoms with Crippen LogP contribution in [-0.2, 0) is 4.79 Å². The zero-order valence-electron chi connectivity index (χ0n) is 10.6. The van der Waals surface area contributed by atoms with Crippen LogP contribution in [0, 0.1) is 0 Å². The van der Waals surface area contributed by atoms with E-state index in [1.807, 2.05) is 20.8 Å². The summed E-state index contributed by atoms with van der Waals surface area (Å²) < 4.78 is 0. The van der Waals surface area contributed by atoms with E-state index < -0.39 is 0 Å². The highest BCUT2D eigenvalue weighted by molar-refractivity contribution is 6.28. The molecule has 0 spiro atoms. The van der Waals surface area contributed by atoms with Crippen molar-refractivity contribution in [1.29, 1.82) is 0 Å². The Morgan fingerprint density at radius 3 is 2.39 bits per heavy atom. The molecule has 0 aliphatic rings. The molecule has 18 heavy (non-hydrogen) atoms. The molecule has 0 saturated carbocycles. The first-order valence-electron chi connectivity index (χ1n) is 5.70. The maximum atomic E-state index is 11.4. The van der Waals surface area contributed by atoms with E-state index >= 15 is 0 Å². The van der Waals surface area contributed by atoms with E-state index in [-0.39, 0.29) is 29.7 Å². The van der Waals surface area contributed by atoms with Crippen molar-refractivity contribution in [2.45, 2.75) is 26.8 Å². The minimum Gasteiger partial charge on any atom is -0.354 e. The first-order chi connectivity index (χ1) is 8.51. The monoisotopic (exact) mass is 272 g/mol. The number of rotatable bonds is 6. The Morgan fingerprint density at radius 1 is 1.22 bits per heavy atom. The highest BCUT2D eigenvalue weighted by Crippen LogP contribution is 2.08. The van der Waals surface area contributed by atoms with Gasteiger partial charge in [-0.1, -0.05) is 0 Å². The van der Waals surface area contributed by atoms with Crippen molar-refractivity contribution in [2.24, 2.45) is 0 Å². The molecule has 100 valence electrons. The number of hydrogen-bond acceptors (Lipinski definition) is 6. The van der Waals surface area contributed by atoms with E-state index in [0.29, 0.717) is 12.5 Å². The molecule has 0 bridgehead atoms. The fourth-order valence-electron chi connectivity index (χ4n) is 1.20. The third kappa shape index (κ3) is 5.13. The van der Waals surface area contributed by atoms with Crippen molar-refractivity contribution in [2.75, 3.05) is 23.7 Å². The van der Waals surface area contributed by atoms with Crippen LogP contribution in [0.25, 0.3) is 0 Å². The fourth-order valence-corrected chi connectivity index (χ4v) is 1.36. The largest absolute Gasteiger partial charge is 0.354 e. The molecule has 1 amide bonds. The van der Waals surface area contributed by atoms with E-state index in [2.05, 4.69) is 30.9 Å². The van der Waals surface area contributed by atoms with Crippen LogP contribution in [0.1, 0.15) is 20.8 Å². The maximum Gasteiger partial charge on any atom is 0.239 e. The second-order valence-corrected chi connectivity index (χ2v) is 4.20. The molecule has 0 fully saturated rings. The number of hydrogen-bond donors (Lipinski definition) is 3. The predicted molar refractivity (Wildman–Crippen MR) is 70.8 cm³/mol. The molecule has 0 unspecified atom stereocenters. The Morgan fingerprint density at radius 2 is 1.83 bits per heavy atom. The number of anilines is 2. The highest BCUT2D eigenvalue weighted by atomic mass is 35.5. The van der Waals surface area contributed by atoms with E-state index in [1.165, 1.54) is 0 Å².